The van der Waals surface area contributed by atoms with E-state index in [0.717, 1.165) is 0 Å². The quantitative estimate of drug-likeness (QED) is 0.485. The van der Waals surface area contributed by atoms with Crippen LogP contribution in [-0.4, -0.2) is 0 Å². The summed E-state index contributed by atoms with van der Waals surface area (Å²) >= 11 is 0. The highest BCUT2D eigenvalue weighted by molar-refractivity contribution is 5.30. The van der Waals surface area contributed by atoms with Gasteiger partial charge in [0.25, 0.3) is 0 Å². The Bertz CT molecular complexity index is 182. The zero-order chi connectivity index (χ0) is 7.19. The maximum Gasteiger partial charge on any atom is -0.0114 e. The lowest BCUT2D eigenvalue weighted by molar-refractivity contribution is 0.197. The minimum atomic E-state index is 0.669. The summed E-state index contributed by atoms with van der Waals surface area (Å²) in [6.45, 7) is 4.75. The fraction of sp³-hybridized carbons (Fsp3) is 0.800. The van der Waals surface area contributed by atoms with Crippen molar-refractivity contribution in [3.63, 3.8) is 0 Å². The van der Waals surface area contributed by atoms with Crippen molar-refractivity contribution >= 4 is 0 Å². The molecule has 1 saturated carbocycles. The van der Waals surface area contributed by atoms with Crippen LogP contribution in [0.4, 0.5) is 0 Å². The molecular formula is C10H16. The molecule has 0 unspecified atom stereocenters. The number of rotatable bonds is 1. The lowest BCUT2D eigenvalue weighted by atomic mass is 9.60. The molecule has 0 aromatic carbocycles. The van der Waals surface area contributed by atoms with Crippen LogP contribution in [0.3, 0.4) is 0 Å². The van der Waals surface area contributed by atoms with Crippen LogP contribution in [0.1, 0.15) is 46.0 Å². The molecular weight excluding hydrogens is 120 g/mol. The Morgan fingerprint density at radius 3 is 2.00 bits per heavy atom. The molecule has 0 aliphatic heterocycles. The van der Waals surface area contributed by atoms with Crippen molar-refractivity contribution in [1.29, 1.82) is 0 Å². The Balaban J connectivity index is 2.18. The largest absolute Gasteiger partial charge is 0.0732 e. The van der Waals surface area contributed by atoms with E-state index in [4.69, 9.17) is 0 Å². The minimum absolute atomic E-state index is 0.669. The zero-order valence-corrected chi connectivity index (χ0v) is 7.04. The Morgan fingerprint density at radius 1 is 1.20 bits per heavy atom. The third-order valence-corrected chi connectivity index (χ3v) is 3.45. The highest BCUT2D eigenvalue weighted by atomic mass is 14.4. The van der Waals surface area contributed by atoms with E-state index >= 15 is 0 Å². The molecule has 2 aliphatic carbocycles. The maximum atomic E-state index is 2.44. The smallest absolute Gasteiger partial charge is 0.0114 e. The van der Waals surface area contributed by atoms with Crippen molar-refractivity contribution in [2.24, 2.45) is 5.41 Å². The van der Waals surface area contributed by atoms with E-state index in [2.05, 4.69) is 13.8 Å². The van der Waals surface area contributed by atoms with Gasteiger partial charge < -0.3 is 0 Å². The van der Waals surface area contributed by atoms with Crippen LogP contribution in [0.15, 0.2) is 11.1 Å². The van der Waals surface area contributed by atoms with Crippen LogP contribution >= 0.6 is 0 Å². The van der Waals surface area contributed by atoms with Crippen molar-refractivity contribution in [1.82, 2.24) is 0 Å². The monoisotopic (exact) mass is 136 g/mol. The standard InChI is InChI=1S/C10H16/c1-8-4-5-9(8)10(2)6-3-7-10/h3-7H2,1-2H3. The predicted molar refractivity (Wildman–Crippen MR) is 43.9 cm³/mol. The maximum absolute atomic E-state index is 2.44. The van der Waals surface area contributed by atoms with Gasteiger partial charge >= 0.3 is 0 Å². The molecule has 0 heteroatoms. The van der Waals surface area contributed by atoms with Crippen molar-refractivity contribution < 1.29 is 0 Å². The minimum Gasteiger partial charge on any atom is -0.0732 e. The summed E-state index contributed by atoms with van der Waals surface area (Å²) in [6.07, 6.45) is 7.17. The molecule has 0 radical (unpaired) electrons. The molecule has 0 bridgehead atoms. The lowest BCUT2D eigenvalue weighted by Crippen LogP contribution is -2.31. The molecule has 10 heavy (non-hydrogen) atoms. The summed E-state index contributed by atoms with van der Waals surface area (Å²) in [7, 11) is 0. The first-order valence-electron chi connectivity index (χ1n) is 4.41. The van der Waals surface area contributed by atoms with Gasteiger partial charge in [-0.05, 0) is 38.0 Å². The van der Waals surface area contributed by atoms with Gasteiger partial charge in [0.15, 0.2) is 0 Å². The Kier molecular flexibility index (Phi) is 1.21. The Labute approximate surface area is 63.3 Å². The van der Waals surface area contributed by atoms with E-state index in [1.165, 1.54) is 32.1 Å². The highest BCUT2D eigenvalue weighted by Crippen LogP contribution is 2.53. The van der Waals surface area contributed by atoms with Gasteiger partial charge in [-0.2, -0.15) is 0 Å². The Morgan fingerprint density at radius 2 is 1.90 bits per heavy atom. The van der Waals surface area contributed by atoms with Gasteiger partial charge in [0.05, 0.1) is 0 Å². The summed E-state index contributed by atoms with van der Waals surface area (Å²) in [4.78, 5) is 0. The number of hydrogen-bond acceptors (Lipinski definition) is 0. The van der Waals surface area contributed by atoms with Crippen LogP contribution in [0.5, 0.6) is 0 Å². The SMILES string of the molecule is CC1=C(C2(C)CCC2)CC1. The van der Waals surface area contributed by atoms with E-state index in [1.54, 1.807) is 11.1 Å². The van der Waals surface area contributed by atoms with Crippen LogP contribution in [0.2, 0.25) is 0 Å². The molecule has 0 aromatic heterocycles. The number of allylic oxidation sites excluding steroid dienone is 2. The average molecular weight is 136 g/mol. The molecule has 2 rings (SSSR count). The van der Waals surface area contributed by atoms with E-state index in [-0.39, 0.29) is 0 Å². The van der Waals surface area contributed by atoms with Crippen LogP contribution < -0.4 is 0 Å². The van der Waals surface area contributed by atoms with Crippen LogP contribution in [0, 0.1) is 5.41 Å². The molecule has 0 nitrogen and oxygen atoms in total. The zero-order valence-electron chi connectivity index (χ0n) is 7.04. The fourth-order valence-corrected chi connectivity index (χ4v) is 2.33. The average Bonchev–Trinajstić information content (AvgIpc) is 1.81. The fourth-order valence-electron chi connectivity index (χ4n) is 2.33. The molecule has 56 valence electrons. The molecule has 0 amide bonds. The first-order valence-corrected chi connectivity index (χ1v) is 4.41. The molecule has 2 aliphatic rings. The topological polar surface area (TPSA) is 0 Å². The second kappa shape index (κ2) is 1.87. The molecule has 0 spiro atoms. The second-order valence-electron chi connectivity index (χ2n) is 4.17. The second-order valence-corrected chi connectivity index (χ2v) is 4.17. The van der Waals surface area contributed by atoms with Crippen molar-refractivity contribution in [2.75, 3.05) is 0 Å². The summed E-state index contributed by atoms with van der Waals surface area (Å²) in [5.74, 6) is 0. The Hall–Kier alpha value is -0.260. The lowest BCUT2D eigenvalue weighted by Gasteiger charge is -2.45. The summed E-state index contributed by atoms with van der Waals surface area (Å²) < 4.78 is 0. The van der Waals surface area contributed by atoms with Gasteiger partial charge in [0, 0.05) is 0 Å². The van der Waals surface area contributed by atoms with Crippen molar-refractivity contribution in [2.45, 2.75) is 46.0 Å². The third-order valence-electron chi connectivity index (χ3n) is 3.45. The highest BCUT2D eigenvalue weighted by Gasteiger charge is 2.38. The molecule has 0 atom stereocenters. The van der Waals surface area contributed by atoms with Gasteiger partial charge in [-0.3, -0.25) is 0 Å². The van der Waals surface area contributed by atoms with E-state index in [0.29, 0.717) is 5.41 Å². The number of hydrogen-bond donors (Lipinski definition) is 0. The summed E-state index contributed by atoms with van der Waals surface area (Å²) in [5.41, 5.74) is 4.17. The first-order chi connectivity index (χ1) is 4.72. The first kappa shape index (κ1) is 6.45. The summed E-state index contributed by atoms with van der Waals surface area (Å²) in [6, 6.07) is 0. The van der Waals surface area contributed by atoms with Crippen LogP contribution in [0.25, 0.3) is 0 Å². The molecule has 0 heterocycles. The van der Waals surface area contributed by atoms with Gasteiger partial charge in [-0.25, -0.2) is 0 Å². The van der Waals surface area contributed by atoms with E-state index in [9.17, 15) is 0 Å². The van der Waals surface area contributed by atoms with Gasteiger partial charge in [-0.15, -0.1) is 0 Å². The van der Waals surface area contributed by atoms with Gasteiger partial charge in [-0.1, -0.05) is 24.5 Å². The predicted octanol–water partition coefficient (Wildman–Crippen LogP) is 3.29. The van der Waals surface area contributed by atoms with E-state index in [1.807, 2.05) is 0 Å². The van der Waals surface area contributed by atoms with Gasteiger partial charge in [0.2, 0.25) is 0 Å². The van der Waals surface area contributed by atoms with Crippen molar-refractivity contribution in [3.8, 4) is 0 Å². The molecule has 0 N–H and O–H groups in total. The summed E-state index contributed by atoms with van der Waals surface area (Å²) in [5, 5.41) is 0. The third kappa shape index (κ3) is 0.680. The van der Waals surface area contributed by atoms with E-state index < -0.39 is 0 Å². The van der Waals surface area contributed by atoms with Crippen molar-refractivity contribution in [3.05, 3.63) is 11.1 Å². The molecule has 1 fully saturated rings. The molecule has 0 saturated heterocycles. The van der Waals surface area contributed by atoms with Gasteiger partial charge in [0.1, 0.15) is 0 Å². The van der Waals surface area contributed by atoms with Crippen LogP contribution in [-0.2, 0) is 0 Å². The molecule has 0 aromatic rings. The normalized spacial score (nSPS) is 29.4.